The van der Waals surface area contributed by atoms with Crippen molar-refractivity contribution in [3.8, 4) is 0 Å². The molecule has 1 aromatic heterocycles. The maximum atomic E-state index is 10.8. The minimum Gasteiger partial charge on any atom is -0.481 e. The van der Waals surface area contributed by atoms with Gasteiger partial charge in [0.25, 0.3) is 0 Å². The van der Waals surface area contributed by atoms with E-state index in [9.17, 15) is 4.79 Å². The molecule has 0 saturated heterocycles. The lowest BCUT2D eigenvalue weighted by molar-refractivity contribution is -0.138. The standard InChI is InChI=1S/C12H12O2S/c1-7-6-15-11-5-9(3-4-10(7)11)8(2)12(13)14/h3-6,8H,1-2H3,(H,13,14). The number of carboxylic acids is 1. The Labute approximate surface area is 92.2 Å². The summed E-state index contributed by atoms with van der Waals surface area (Å²) >= 11 is 1.66. The van der Waals surface area contributed by atoms with Gasteiger partial charge in [-0.15, -0.1) is 11.3 Å². The van der Waals surface area contributed by atoms with Crippen LogP contribution < -0.4 is 0 Å². The van der Waals surface area contributed by atoms with Crippen molar-refractivity contribution in [2.75, 3.05) is 0 Å². The lowest BCUT2D eigenvalue weighted by Crippen LogP contribution is -2.06. The van der Waals surface area contributed by atoms with Gasteiger partial charge in [0, 0.05) is 4.70 Å². The highest BCUT2D eigenvalue weighted by Gasteiger charge is 2.14. The first-order valence-electron chi connectivity index (χ1n) is 4.80. The summed E-state index contributed by atoms with van der Waals surface area (Å²) in [4.78, 5) is 10.8. The Morgan fingerprint density at radius 1 is 1.47 bits per heavy atom. The average molecular weight is 220 g/mol. The van der Waals surface area contributed by atoms with Crippen LogP contribution in [-0.4, -0.2) is 11.1 Å². The number of aliphatic carboxylic acids is 1. The average Bonchev–Trinajstić information content (AvgIpc) is 2.59. The van der Waals surface area contributed by atoms with E-state index in [-0.39, 0.29) is 0 Å². The Morgan fingerprint density at radius 3 is 2.87 bits per heavy atom. The van der Waals surface area contributed by atoms with Crippen molar-refractivity contribution in [1.82, 2.24) is 0 Å². The monoisotopic (exact) mass is 220 g/mol. The second-order valence-electron chi connectivity index (χ2n) is 3.73. The molecule has 3 heteroatoms. The van der Waals surface area contributed by atoms with Crippen LogP contribution in [0.15, 0.2) is 23.6 Å². The molecule has 15 heavy (non-hydrogen) atoms. The Hall–Kier alpha value is -1.35. The first-order valence-corrected chi connectivity index (χ1v) is 5.68. The number of carbonyl (C=O) groups is 1. The Morgan fingerprint density at radius 2 is 2.20 bits per heavy atom. The SMILES string of the molecule is Cc1csc2cc(C(C)C(=O)O)ccc12. The van der Waals surface area contributed by atoms with Crippen LogP contribution in [0, 0.1) is 6.92 Å². The number of hydrogen-bond donors (Lipinski definition) is 1. The third-order valence-corrected chi connectivity index (χ3v) is 3.73. The first kappa shape index (κ1) is 10.2. The van der Waals surface area contributed by atoms with Crippen molar-refractivity contribution in [2.45, 2.75) is 19.8 Å². The molecule has 0 saturated carbocycles. The van der Waals surface area contributed by atoms with Gasteiger partial charge >= 0.3 is 5.97 Å². The third-order valence-electron chi connectivity index (χ3n) is 2.66. The maximum absolute atomic E-state index is 10.8. The molecule has 0 aliphatic heterocycles. The van der Waals surface area contributed by atoms with Gasteiger partial charge in [0.1, 0.15) is 0 Å². The Kier molecular flexibility index (Phi) is 2.49. The van der Waals surface area contributed by atoms with Crippen LogP contribution in [0.25, 0.3) is 10.1 Å². The van der Waals surface area contributed by atoms with E-state index in [1.54, 1.807) is 18.3 Å². The summed E-state index contributed by atoms with van der Waals surface area (Å²) in [6, 6.07) is 5.89. The van der Waals surface area contributed by atoms with Crippen LogP contribution in [0.3, 0.4) is 0 Å². The molecule has 1 atom stereocenters. The van der Waals surface area contributed by atoms with Crippen LogP contribution in [0.5, 0.6) is 0 Å². The van der Waals surface area contributed by atoms with Gasteiger partial charge in [-0.1, -0.05) is 12.1 Å². The molecule has 1 heterocycles. The summed E-state index contributed by atoms with van der Waals surface area (Å²) in [5, 5.41) is 12.2. The molecule has 0 spiro atoms. The fourth-order valence-corrected chi connectivity index (χ4v) is 2.58. The number of thiophene rings is 1. The highest BCUT2D eigenvalue weighted by molar-refractivity contribution is 7.17. The predicted molar refractivity (Wildman–Crippen MR) is 62.6 cm³/mol. The smallest absolute Gasteiger partial charge is 0.310 e. The van der Waals surface area contributed by atoms with E-state index in [0.29, 0.717) is 0 Å². The molecule has 1 N–H and O–H groups in total. The highest BCUT2D eigenvalue weighted by Crippen LogP contribution is 2.28. The summed E-state index contributed by atoms with van der Waals surface area (Å²) in [6.07, 6.45) is 0. The molecule has 0 amide bonds. The molecule has 2 nitrogen and oxygen atoms in total. The van der Waals surface area contributed by atoms with E-state index >= 15 is 0 Å². The first-order chi connectivity index (χ1) is 7.09. The molecule has 0 radical (unpaired) electrons. The normalized spacial score (nSPS) is 12.9. The molecule has 1 unspecified atom stereocenters. The van der Waals surface area contributed by atoms with Gasteiger partial charge in [-0.05, 0) is 41.8 Å². The number of hydrogen-bond acceptors (Lipinski definition) is 2. The summed E-state index contributed by atoms with van der Waals surface area (Å²) in [7, 11) is 0. The van der Waals surface area contributed by atoms with Crippen LogP contribution in [0.2, 0.25) is 0 Å². The van der Waals surface area contributed by atoms with E-state index in [1.165, 1.54) is 10.9 Å². The third kappa shape index (κ3) is 1.75. The molecule has 0 aliphatic carbocycles. The molecule has 78 valence electrons. The summed E-state index contributed by atoms with van der Waals surface area (Å²) in [5.74, 6) is -1.21. The molecule has 0 aliphatic rings. The van der Waals surface area contributed by atoms with Crippen LogP contribution in [-0.2, 0) is 4.79 Å². The molecule has 2 rings (SSSR count). The highest BCUT2D eigenvalue weighted by atomic mass is 32.1. The van der Waals surface area contributed by atoms with Crippen LogP contribution >= 0.6 is 11.3 Å². The van der Waals surface area contributed by atoms with Gasteiger partial charge in [0.05, 0.1) is 5.92 Å². The van der Waals surface area contributed by atoms with Crippen molar-refractivity contribution in [3.63, 3.8) is 0 Å². The summed E-state index contributed by atoms with van der Waals surface area (Å²) in [6.45, 7) is 3.78. The number of fused-ring (bicyclic) bond motifs is 1. The van der Waals surface area contributed by atoms with Gasteiger partial charge in [0.2, 0.25) is 0 Å². The summed E-state index contributed by atoms with van der Waals surface area (Å²) in [5.41, 5.74) is 2.13. The van der Waals surface area contributed by atoms with Gasteiger partial charge in [-0.2, -0.15) is 0 Å². The lowest BCUT2D eigenvalue weighted by atomic mass is 10.0. The number of carboxylic acid groups (broad SMARTS) is 1. The van der Waals surface area contributed by atoms with E-state index in [0.717, 1.165) is 10.3 Å². The van der Waals surface area contributed by atoms with Crippen LogP contribution in [0.4, 0.5) is 0 Å². The van der Waals surface area contributed by atoms with Gasteiger partial charge < -0.3 is 5.11 Å². The van der Waals surface area contributed by atoms with Crippen molar-refractivity contribution in [2.24, 2.45) is 0 Å². The zero-order valence-corrected chi connectivity index (χ0v) is 9.47. The second kappa shape index (κ2) is 3.66. The zero-order chi connectivity index (χ0) is 11.0. The fraction of sp³-hybridized carbons (Fsp3) is 0.250. The van der Waals surface area contributed by atoms with Gasteiger partial charge in [0.15, 0.2) is 0 Å². The van der Waals surface area contributed by atoms with Crippen LogP contribution in [0.1, 0.15) is 24.0 Å². The Bertz CT molecular complexity index is 513. The van der Waals surface area contributed by atoms with E-state index in [1.807, 2.05) is 18.2 Å². The molecular weight excluding hydrogens is 208 g/mol. The van der Waals surface area contributed by atoms with Gasteiger partial charge in [-0.25, -0.2) is 0 Å². The van der Waals surface area contributed by atoms with Crippen molar-refractivity contribution in [3.05, 3.63) is 34.7 Å². The largest absolute Gasteiger partial charge is 0.481 e. The molecule has 1 aromatic carbocycles. The second-order valence-corrected chi connectivity index (χ2v) is 4.65. The molecule has 0 bridgehead atoms. The van der Waals surface area contributed by atoms with Gasteiger partial charge in [-0.3, -0.25) is 4.79 Å². The van der Waals surface area contributed by atoms with E-state index < -0.39 is 11.9 Å². The minimum absolute atomic E-state index is 0.434. The molecular formula is C12H12O2S. The fourth-order valence-electron chi connectivity index (χ4n) is 1.59. The minimum atomic E-state index is -0.775. The van der Waals surface area contributed by atoms with Crippen molar-refractivity contribution >= 4 is 27.4 Å². The quantitative estimate of drug-likeness (QED) is 0.842. The topological polar surface area (TPSA) is 37.3 Å². The molecule has 2 aromatic rings. The zero-order valence-electron chi connectivity index (χ0n) is 8.65. The number of aryl methyl sites for hydroxylation is 1. The van der Waals surface area contributed by atoms with Crippen molar-refractivity contribution in [1.29, 1.82) is 0 Å². The number of rotatable bonds is 2. The maximum Gasteiger partial charge on any atom is 0.310 e. The van der Waals surface area contributed by atoms with E-state index in [2.05, 4.69) is 12.3 Å². The predicted octanol–water partition coefficient (Wildman–Crippen LogP) is 3.40. The molecule has 0 fully saturated rings. The van der Waals surface area contributed by atoms with E-state index in [4.69, 9.17) is 5.11 Å². The number of benzene rings is 1. The summed E-state index contributed by atoms with van der Waals surface area (Å²) < 4.78 is 1.16. The Balaban J connectivity index is 2.52. The van der Waals surface area contributed by atoms with Crippen molar-refractivity contribution < 1.29 is 9.90 Å². The lowest BCUT2D eigenvalue weighted by Gasteiger charge is -2.06.